The first-order valence-electron chi connectivity index (χ1n) is 9.16. The summed E-state index contributed by atoms with van der Waals surface area (Å²) in [7, 11) is 0. The highest BCUT2D eigenvalue weighted by Crippen LogP contribution is 2.40. The van der Waals surface area contributed by atoms with Crippen LogP contribution < -0.4 is 5.32 Å². The van der Waals surface area contributed by atoms with Gasteiger partial charge >= 0.3 is 11.9 Å². The summed E-state index contributed by atoms with van der Waals surface area (Å²) in [5, 5.41) is 23.7. The molecule has 0 aromatic heterocycles. The Bertz CT molecular complexity index is 1000. The molecule has 2 heterocycles. The number of nitrogens with zero attached hydrogens (tertiary/aromatic N) is 2. The third kappa shape index (κ3) is 4.45. The minimum Gasteiger partial charge on any atom is -0.477 e. The number of carboxylic acids is 1. The molecule has 2 aliphatic rings. The van der Waals surface area contributed by atoms with Gasteiger partial charge in [-0.15, -0.1) is 11.8 Å². The van der Waals surface area contributed by atoms with Gasteiger partial charge in [-0.1, -0.05) is 41.6 Å². The van der Waals surface area contributed by atoms with E-state index in [-0.39, 0.29) is 29.3 Å². The molecule has 2 amide bonds. The van der Waals surface area contributed by atoms with E-state index >= 15 is 0 Å². The standard InChI is InChI=1S/C20H19N3O7S/c1-2-6-13(24)30-9-12-10-31-19-15(18(26)23(19)16(12)20(27)28)21-17(25)14(22-29)11-7-4-3-5-8-11/h2-8,15,19,29H,9-10H2,1H3,(H,21,25)(H,27,28)/b6-2+,22-14?/t15-,19+/m1/s1. The van der Waals surface area contributed by atoms with Crippen molar-refractivity contribution in [1.29, 1.82) is 0 Å². The van der Waals surface area contributed by atoms with E-state index in [1.165, 1.54) is 23.9 Å². The quantitative estimate of drug-likeness (QED) is 0.139. The summed E-state index contributed by atoms with van der Waals surface area (Å²) in [6.07, 6.45) is 2.69. The maximum absolute atomic E-state index is 12.7. The average Bonchev–Trinajstić information content (AvgIpc) is 2.76. The van der Waals surface area contributed by atoms with Gasteiger partial charge in [0, 0.05) is 23.0 Å². The first kappa shape index (κ1) is 22.1. The number of β-lactam (4-membered cyclic amide) rings is 1. The zero-order chi connectivity index (χ0) is 22.5. The molecular formula is C20H19N3O7S. The summed E-state index contributed by atoms with van der Waals surface area (Å²) < 4.78 is 5.02. The lowest BCUT2D eigenvalue weighted by Gasteiger charge is -2.49. The smallest absolute Gasteiger partial charge is 0.352 e. The van der Waals surface area contributed by atoms with Crippen molar-refractivity contribution >= 4 is 41.2 Å². The molecular weight excluding hydrogens is 426 g/mol. The second-order valence-electron chi connectivity index (χ2n) is 6.54. The fraction of sp³-hybridized carbons (Fsp3) is 0.250. The molecule has 0 aliphatic carbocycles. The van der Waals surface area contributed by atoms with E-state index in [9.17, 15) is 29.5 Å². The molecule has 1 aromatic carbocycles. The van der Waals surface area contributed by atoms with Crippen LogP contribution in [0.25, 0.3) is 0 Å². The topological polar surface area (TPSA) is 146 Å². The Hall–Kier alpha value is -3.60. The predicted octanol–water partition coefficient (Wildman–Crippen LogP) is 0.723. The van der Waals surface area contributed by atoms with Crippen molar-refractivity contribution in [3.8, 4) is 0 Å². The molecule has 1 aromatic rings. The predicted molar refractivity (Wildman–Crippen MR) is 110 cm³/mol. The van der Waals surface area contributed by atoms with E-state index < -0.39 is 35.2 Å². The molecule has 0 spiro atoms. The molecule has 162 valence electrons. The van der Waals surface area contributed by atoms with E-state index in [0.717, 1.165) is 4.90 Å². The minimum atomic E-state index is -1.33. The van der Waals surface area contributed by atoms with Crippen molar-refractivity contribution in [3.63, 3.8) is 0 Å². The van der Waals surface area contributed by atoms with E-state index in [0.29, 0.717) is 5.56 Å². The lowest BCUT2D eigenvalue weighted by atomic mass is 10.0. The van der Waals surface area contributed by atoms with Gasteiger partial charge in [0.25, 0.3) is 11.8 Å². The van der Waals surface area contributed by atoms with Crippen LogP contribution in [-0.2, 0) is 23.9 Å². The molecule has 3 N–H and O–H groups in total. The molecule has 2 aliphatic heterocycles. The average molecular weight is 445 g/mol. The number of nitrogens with one attached hydrogen (secondary N) is 1. The van der Waals surface area contributed by atoms with Gasteiger partial charge in [0.2, 0.25) is 0 Å². The monoisotopic (exact) mass is 445 g/mol. The summed E-state index contributed by atoms with van der Waals surface area (Å²) in [4.78, 5) is 49.6. The molecule has 1 saturated heterocycles. The summed E-state index contributed by atoms with van der Waals surface area (Å²) in [5.41, 5.74) is 0.121. The number of allylic oxidation sites excluding steroid dienone is 1. The first-order chi connectivity index (χ1) is 14.9. The zero-order valence-corrected chi connectivity index (χ0v) is 17.2. The highest BCUT2D eigenvalue weighted by atomic mass is 32.2. The van der Waals surface area contributed by atoms with Gasteiger partial charge in [-0.2, -0.15) is 0 Å². The number of benzene rings is 1. The molecule has 31 heavy (non-hydrogen) atoms. The van der Waals surface area contributed by atoms with Crippen molar-refractivity contribution in [2.24, 2.45) is 5.16 Å². The van der Waals surface area contributed by atoms with Crippen LogP contribution in [0.1, 0.15) is 12.5 Å². The van der Waals surface area contributed by atoms with Crippen molar-refractivity contribution in [1.82, 2.24) is 10.2 Å². The number of fused-ring (bicyclic) bond motifs is 1. The number of aliphatic carboxylic acids is 1. The second-order valence-corrected chi connectivity index (χ2v) is 7.65. The van der Waals surface area contributed by atoms with Gasteiger partial charge in [-0.05, 0) is 6.92 Å². The van der Waals surface area contributed by atoms with Crippen molar-refractivity contribution in [2.45, 2.75) is 18.3 Å². The Balaban J connectivity index is 1.74. The maximum Gasteiger partial charge on any atom is 0.352 e. The fourth-order valence-electron chi connectivity index (χ4n) is 3.18. The van der Waals surface area contributed by atoms with Crippen LogP contribution >= 0.6 is 11.8 Å². The number of amides is 2. The number of hydrogen-bond donors (Lipinski definition) is 3. The molecule has 11 heteroatoms. The number of oxime groups is 1. The van der Waals surface area contributed by atoms with Crippen LogP contribution in [0, 0.1) is 0 Å². The maximum atomic E-state index is 12.7. The normalized spacial score (nSPS) is 20.9. The van der Waals surface area contributed by atoms with Gasteiger partial charge in [-0.25, -0.2) is 9.59 Å². The van der Waals surface area contributed by atoms with Crippen LogP contribution in [-0.4, -0.2) is 68.5 Å². The Morgan fingerprint density at radius 1 is 1.32 bits per heavy atom. The third-order valence-electron chi connectivity index (χ3n) is 4.59. The minimum absolute atomic E-state index is 0.200. The van der Waals surface area contributed by atoms with Gasteiger partial charge < -0.3 is 20.4 Å². The van der Waals surface area contributed by atoms with Crippen LogP contribution in [0.4, 0.5) is 0 Å². The fourth-order valence-corrected chi connectivity index (χ4v) is 4.50. The SMILES string of the molecule is C/C=C/C(=O)OCC1=C(C(=O)O)N2C(=O)[C@@H](NC(=O)C(=NO)c3ccccc3)[C@@H]2SC1. The number of esters is 1. The largest absolute Gasteiger partial charge is 0.477 e. The molecule has 0 bridgehead atoms. The number of carboxylic acid groups (broad SMARTS) is 1. The summed E-state index contributed by atoms with van der Waals surface area (Å²) in [6.45, 7) is 1.38. The molecule has 1 fully saturated rings. The molecule has 0 radical (unpaired) electrons. The molecule has 10 nitrogen and oxygen atoms in total. The lowest BCUT2D eigenvalue weighted by molar-refractivity contribution is -0.150. The van der Waals surface area contributed by atoms with Crippen LogP contribution in [0.5, 0.6) is 0 Å². The van der Waals surface area contributed by atoms with Crippen molar-refractivity contribution in [2.75, 3.05) is 12.4 Å². The van der Waals surface area contributed by atoms with Gasteiger partial charge in [0.1, 0.15) is 23.7 Å². The number of carbonyl (C=O) groups is 4. The second kappa shape index (κ2) is 9.47. The van der Waals surface area contributed by atoms with Crippen LogP contribution in [0.15, 0.2) is 58.9 Å². The van der Waals surface area contributed by atoms with Gasteiger partial charge in [0.05, 0.1) is 0 Å². The Kier molecular flexibility index (Phi) is 6.75. The van der Waals surface area contributed by atoms with E-state index in [4.69, 9.17) is 4.74 Å². The van der Waals surface area contributed by atoms with Gasteiger partial charge in [-0.3, -0.25) is 14.5 Å². The van der Waals surface area contributed by atoms with E-state index in [1.807, 2.05) is 0 Å². The van der Waals surface area contributed by atoms with Crippen molar-refractivity contribution in [3.05, 3.63) is 59.3 Å². The van der Waals surface area contributed by atoms with E-state index in [2.05, 4.69) is 10.5 Å². The highest BCUT2D eigenvalue weighted by molar-refractivity contribution is 8.00. The van der Waals surface area contributed by atoms with E-state index in [1.54, 1.807) is 37.3 Å². The Morgan fingerprint density at radius 2 is 2.03 bits per heavy atom. The number of thioether (sulfide) groups is 1. The summed E-state index contributed by atoms with van der Waals surface area (Å²) >= 11 is 1.23. The number of carbonyl (C=O) groups excluding carboxylic acids is 3. The van der Waals surface area contributed by atoms with Gasteiger partial charge in [0.15, 0.2) is 5.71 Å². The molecule has 0 unspecified atom stereocenters. The first-order valence-corrected chi connectivity index (χ1v) is 10.2. The molecule has 3 rings (SSSR count). The van der Waals surface area contributed by atoms with Crippen LogP contribution in [0.2, 0.25) is 0 Å². The number of hydrogen-bond acceptors (Lipinski definition) is 8. The van der Waals surface area contributed by atoms with Crippen LogP contribution in [0.3, 0.4) is 0 Å². The number of rotatable bonds is 7. The summed E-state index contributed by atoms with van der Waals surface area (Å²) in [6, 6.07) is 7.22. The molecule has 2 atom stereocenters. The Labute approximate surface area is 181 Å². The highest BCUT2D eigenvalue weighted by Gasteiger charge is 2.54. The lowest BCUT2D eigenvalue weighted by Crippen LogP contribution is -2.71. The zero-order valence-electron chi connectivity index (χ0n) is 16.3. The number of ether oxygens (including phenoxy) is 1. The molecule has 0 saturated carbocycles. The Morgan fingerprint density at radius 3 is 2.65 bits per heavy atom. The van der Waals surface area contributed by atoms with Crippen molar-refractivity contribution < 1.29 is 34.2 Å². The third-order valence-corrected chi connectivity index (χ3v) is 5.93. The summed E-state index contributed by atoms with van der Waals surface area (Å²) in [5.74, 6) is -3.14.